The Hall–Kier alpha value is -2.71. The second-order valence-corrected chi connectivity index (χ2v) is 6.16. The number of hydrogen-bond acceptors (Lipinski definition) is 4. The lowest BCUT2D eigenvalue weighted by Crippen LogP contribution is -2.30. The van der Waals surface area contributed by atoms with E-state index in [1.807, 2.05) is 0 Å². The molecule has 0 aliphatic rings. The van der Waals surface area contributed by atoms with Crippen molar-refractivity contribution < 1.29 is 14.3 Å². The fourth-order valence-electron chi connectivity index (χ4n) is 2.77. The molecule has 0 aliphatic carbocycles. The number of carbonyl (C=O) groups excluding carboxylic acids is 1. The number of imidazole rings is 1. The van der Waals surface area contributed by atoms with Crippen molar-refractivity contribution >= 4 is 23.2 Å². The predicted molar refractivity (Wildman–Crippen MR) is 93.9 cm³/mol. The molecule has 0 fully saturated rings. The topological polar surface area (TPSA) is 99.5 Å². The highest BCUT2D eigenvalue weighted by molar-refractivity contribution is 6.29. The molecule has 3 N–H and O–H groups in total. The molecule has 9 heteroatoms. The van der Waals surface area contributed by atoms with Gasteiger partial charge in [-0.2, -0.15) is 0 Å². The van der Waals surface area contributed by atoms with Gasteiger partial charge in [0.1, 0.15) is 22.3 Å². The van der Waals surface area contributed by atoms with Crippen LogP contribution in [0.5, 0.6) is 0 Å². The number of fused-ring (bicyclic) bond motifs is 1. The second kappa shape index (κ2) is 7.27. The molecule has 0 aliphatic heterocycles. The molecular formula is C17H16ClFN4O3. The number of nitrogens with one attached hydrogen (secondary N) is 2. The van der Waals surface area contributed by atoms with E-state index in [0.29, 0.717) is 11.3 Å². The van der Waals surface area contributed by atoms with Gasteiger partial charge in [-0.3, -0.25) is 9.78 Å². The van der Waals surface area contributed by atoms with Gasteiger partial charge in [-0.1, -0.05) is 23.7 Å². The zero-order valence-electron chi connectivity index (χ0n) is 13.8. The smallest absolute Gasteiger partial charge is 0.332 e. The number of aromatic amines is 1. The Morgan fingerprint density at radius 3 is 2.77 bits per heavy atom. The summed E-state index contributed by atoms with van der Waals surface area (Å²) in [6.45, 7) is 1.43. The van der Waals surface area contributed by atoms with Gasteiger partial charge in [0, 0.05) is 12.7 Å². The number of H-pyrrole nitrogens is 1. The van der Waals surface area contributed by atoms with Crippen molar-refractivity contribution in [2.75, 3.05) is 6.61 Å². The number of aryl methyl sites for hydroxylation is 1. The first kappa shape index (κ1) is 18.1. The van der Waals surface area contributed by atoms with E-state index in [-0.39, 0.29) is 29.5 Å². The average Bonchev–Trinajstić information content (AvgIpc) is 2.92. The predicted octanol–water partition coefficient (Wildman–Crippen LogP) is 1.98. The van der Waals surface area contributed by atoms with Crippen molar-refractivity contribution in [3.05, 3.63) is 68.7 Å². The second-order valence-electron chi connectivity index (χ2n) is 5.75. The first-order valence-corrected chi connectivity index (χ1v) is 8.23. The molecule has 1 aromatic carbocycles. The standard InChI is InChI=1S/C17H16ClFN4O3/c1-9-15(22-14-8-13(18)21-17(26)23(9)14)16(25)20-12(6-7-24)10-2-4-11(19)5-3-10/h2-5,8,12,24H,6-7H2,1H3,(H,20,25)(H,21,26)/t12-/m1/s1. The fourth-order valence-corrected chi connectivity index (χ4v) is 2.95. The summed E-state index contributed by atoms with van der Waals surface area (Å²) in [5.41, 5.74) is 0.833. The quantitative estimate of drug-likeness (QED) is 0.591. The highest BCUT2D eigenvalue weighted by Gasteiger charge is 2.21. The minimum atomic E-state index is -0.529. The Labute approximate surface area is 152 Å². The minimum Gasteiger partial charge on any atom is -0.396 e. The third kappa shape index (κ3) is 3.47. The van der Waals surface area contributed by atoms with Gasteiger partial charge in [0.05, 0.1) is 11.7 Å². The van der Waals surface area contributed by atoms with Crippen LogP contribution in [0.3, 0.4) is 0 Å². The van der Waals surface area contributed by atoms with Crippen molar-refractivity contribution in [2.24, 2.45) is 0 Å². The molecule has 2 heterocycles. The lowest BCUT2D eigenvalue weighted by atomic mass is 10.0. The number of hydrogen-bond donors (Lipinski definition) is 3. The molecule has 0 saturated heterocycles. The molecule has 0 radical (unpaired) electrons. The molecule has 3 rings (SSSR count). The summed E-state index contributed by atoms with van der Waals surface area (Å²) in [6, 6.07) is 6.55. The average molecular weight is 379 g/mol. The molecule has 0 unspecified atom stereocenters. The molecule has 0 spiro atoms. The fraction of sp³-hybridized carbons (Fsp3) is 0.235. The summed E-state index contributed by atoms with van der Waals surface area (Å²) in [5, 5.41) is 12.1. The third-order valence-corrected chi connectivity index (χ3v) is 4.23. The molecule has 1 atom stereocenters. The lowest BCUT2D eigenvalue weighted by molar-refractivity contribution is 0.0925. The van der Waals surface area contributed by atoms with Crippen molar-refractivity contribution in [1.82, 2.24) is 19.7 Å². The molecule has 136 valence electrons. The summed E-state index contributed by atoms with van der Waals surface area (Å²) in [7, 11) is 0. The van der Waals surface area contributed by atoms with Crippen LogP contribution in [0.1, 0.15) is 34.2 Å². The number of aromatic nitrogens is 3. The Bertz CT molecular complexity index is 1010. The number of aliphatic hydroxyl groups is 1. The maximum atomic E-state index is 13.1. The summed E-state index contributed by atoms with van der Waals surface area (Å²) >= 11 is 5.82. The van der Waals surface area contributed by atoms with E-state index in [0.717, 1.165) is 0 Å². The SMILES string of the molecule is Cc1c(C(=O)N[C@H](CCO)c2ccc(F)cc2)nc2cc(Cl)[nH]c(=O)n12. The van der Waals surface area contributed by atoms with Crippen LogP contribution in [-0.2, 0) is 0 Å². The summed E-state index contributed by atoms with van der Waals surface area (Å²) < 4.78 is 14.4. The molecule has 0 bridgehead atoms. The largest absolute Gasteiger partial charge is 0.396 e. The first-order valence-electron chi connectivity index (χ1n) is 7.85. The maximum absolute atomic E-state index is 13.1. The van der Waals surface area contributed by atoms with Crippen LogP contribution in [-0.4, -0.2) is 32.0 Å². The van der Waals surface area contributed by atoms with Crippen LogP contribution in [0.25, 0.3) is 5.65 Å². The Morgan fingerprint density at radius 1 is 1.42 bits per heavy atom. The van der Waals surface area contributed by atoms with E-state index in [9.17, 15) is 19.1 Å². The van der Waals surface area contributed by atoms with Crippen LogP contribution < -0.4 is 11.0 Å². The number of benzene rings is 1. The van der Waals surface area contributed by atoms with Crippen LogP contribution in [0, 0.1) is 12.7 Å². The van der Waals surface area contributed by atoms with Crippen molar-refractivity contribution in [3.8, 4) is 0 Å². The van der Waals surface area contributed by atoms with Gasteiger partial charge in [0.25, 0.3) is 5.91 Å². The number of aliphatic hydroxyl groups excluding tert-OH is 1. The monoisotopic (exact) mass is 378 g/mol. The van der Waals surface area contributed by atoms with Crippen molar-refractivity contribution in [1.29, 1.82) is 0 Å². The minimum absolute atomic E-state index is 0.0721. The van der Waals surface area contributed by atoms with E-state index in [4.69, 9.17) is 11.6 Å². The van der Waals surface area contributed by atoms with Crippen LogP contribution in [0.4, 0.5) is 4.39 Å². The molecule has 2 aromatic heterocycles. The molecule has 0 saturated carbocycles. The van der Waals surface area contributed by atoms with Crippen molar-refractivity contribution in [2.45, 2.75) is 19.4 Å². The Morgan fingerprint density at radius 2 is 2.12 bits per heavy atom. The van der Waals surface area contributed by atoms with E-state index < -0.39 is 23.5 Å². The molecule has 1 amide bonds. The lowest BCUT2D eigenvalue weighted by Gasteiger charge is -2.18. The van der Waals surface area contributed by atoms with E-state index >= 15 is 0 Å². The number of nitrogens with zero attached hydrogens (tertiary/aromatic N) is 2. The number of halogens is 2. The molecule has 26 heavy (non-hydrogen) atoms. The summed E-state index contributed by atoms with van der Waals surface area (Å²) in [5.74, 6) is -0.903. The zero-order valence-corrected chi connectivity index (χ0v) is 14.5. The van der Waals surface area contributed by atoms with E-state index in [2.05, 4.69) is 15.3 Å². The Kier molecular flexibility index (Phi) is 5.06. The van der Waals surface area contributed by atoms with E-state index in [1.165, 1.54) is 34.7 Å². The van der Waals surface area contributed by atoms with Gasteiger partial charge in [0.15, 0.2) is 0 Å². The number of amides is 1. The number of rotatable bonds is 5. The highest BCUT2D eigenvalue weighted by atomic mass is 35.5. The number of carbonyl (C=O) groups is 1. The normalized spacial score (nSPS) is 12.3. The van der Waals surface area contributed by atoms with Crippen LogP contribution >= 0.6 is 11.6 Å². The first-order chi connectivity index (χ1) is 12.4. The van der Waals surface area contributed by atoms with Gasteiger partial charge in [-0.25, -0.2) is 18.6 Å². The summed E-state index contributed by atoms with van der Waals surface area (Å²) in [6.07, 6.45) is 0.246. The highest BCUT2D eigenvalue weighted by Crippen LogP contribution is 2.19. The zero-order chi connectivity index (χ0) is 18.8. The molecule has 3 aromatic rings. The van der Waals surface area contributed by atoms with Gasteiger partial charge in [-0.05, 0) is 31.0 Å². The van der Waals surface area contributed by atoms with Gasteiger partial charge < -0.3 is 10.4 Å². The maximum Gasteiger partial charge on any atom is 0.332 e. The van der Waals surface area contributed by atoms with Gasteiger partial charge >= 0.3 is 5.69 Å². The molecular weight excluding hydrogens is 363 g/mol. The van der Waals surface area contributed by atoms with Crippen LogP contribution in [0.15, 0.2) is 35.1 Å². The van der Waals surface area contributed by atoms with E-state index in [1.54, 1.807) is 6.92 Å². The third-order valence-electron chi connectivity index (χ3n) is 4.03. The van der Waals surface area contributed by atoms with Crippen LogP contribution in [0.2, 0.25) is 5.15 Å². The van der Waals surface area contributed by atoms with Gasteiger partial charge in [-0.15, -0.1) is 0 Å². The van der Waals surface area contributed by atoms with Gasteiger partial charge in [0.2, 0.25) is 0 Å². The summed E-state index contributed by atoms with van der Waals surface area (Å²) in [4.78, 5) is 31.3. The molecule has 7 nitrogen and oxygen atoms in total. The van der Waals surface area contributed by atoms with Crippen molar-refractivity contribution in [3.63, 3.8) is 0 Å². The Balaban J connectivity index is 1.94.